The Kier molecular flexibility index (Phi) is 9.28. The summed E-state index contributed by atoms with van der Waals surface area (Å²) >= 11 is 6.95. The van der Waals surface area contributed by atoms with E-state index >= 15 is 0 Å². The van der Waals surface area contributed by atoms with E-state index in [9.17, 15) is 19.7 Å². The second-order valence-electron chi connectivity index (χ2n) is 9.73. The molecule has 2 heterocycles. The Labute approximate surface area is 272 Å². The molecule has 0 saturated carbocycles. The molecule has 43 heavy (non-hydrogen) atoms. The number of halogens is 2. The fourth-order valence-electron chi connectivity index (χ4n) is 4.71. The molecule has 1 aliphatic heterocycles. The zero-order chi connectivity index (χ0) is 30.8. The number of thiazole rings is 1. The number of non-ortho nitro benzene ring substituents is 1. The number of fused-ring (bicyclic) bond motifs is 1. The third kappa shape index (κ3) is 6.50. The topological polar surface area (TPSA) is 113 Å². The lowest BCUT2D eigenvalue weighted by Gasteiger charge is -2.24. The van der Waals surface area contributed by atoms with Gasteiger partial charge in [-0.05, 0) is 84.8 Å². The predicted molar refractivity (Wildman–Crippen MR) is 176 cm³/mol. The number of allylic oxidation sites excluding steroid dienone is 1. The number of carbonyl (C=O) groups is 1. The minimum Gasteiger partial charge on any atom is -0.487 e. The van der Waals surface area contributed by atoms with Crippen molar-refractivity contribution in [1.82, 2.24) is 4.57 Å². The molecule has 5 rings (SSSR count). The van der Waals surface area contributed by atoms with Gasteiger partial charge in [0.15, 0.2) is 4.80 Å². The Morgan fingerprint density at radius 1 is 1.16 bits per heavy atom. The van der Waals surface area contributed by atoms with E-state index < -0.39 is 16.9 Å². The lowest BCUT2D eigenvalue weighted by atomic mass is 9.95. The molecule has 0 amide bonds. The summed E-state index contributed by atoms with van der Waals surface area (Å²) in [5.41, 5.74) is 3.80. The van der Waals surface area contributed by atoms with E-state index in [0.29, 0.717) is 31.9 Å². The summed E-state index contributed by atoms with van der Waals surface area (Å²) in [5, 5.41) is 11.0. The van der Waals surface area contributed by atoms with Crippen molar-refractivity contribution in [3.63, 3.8) is 0 Å². The minimum atomic E-state index is -0.696. The highest BCUT2D eigenvalue weighted by Gasteiger charge is 2.33. The summed E-state index contributed by atoms with van der Waals surface area (Å²) < 4.78 is 15.2. The quantitative estimate of drug-likeness (QED) is 0.0946. The molecule has 12 heteroatoms. The van der Waals surface area contributed by atoms with Crippen LogP contribution in [-0.4, -0.2) is 22.1 Å². The molecule has 1 aromatic heterocycles. The molecule has 9 nitrogen and oxygen atoms in total. The molecule has 0 spiro atoms. The molecule has 1 atom stereocenters. The predicted octanol–water partition coefficient (Wildman–Crippen LogP) is 5.96. The van der Waals surface area contributed by atoms with Crippen molar-refractivity contribution in [3.05, 3.63) is 132 Å². The van der Waals surface area contributed by atoms with E-state index in [-0.39, 0.29) is 24.5 Å². The smallest absolute Gasteiger partial charge is 0.338 e. The van der Waals surface area contributed by atoms with Crippen molar-refractivity contribution in [1.29, 1.82) is 0 Å². The minimum absolute atomic E-state index is 0.00308. The summed E-state index contributed by atoms with van der Waals surface area (Å²) in [6.45, 7) is 5.84. The number of aryl methyl sites for hydroxylation is 1. The zero-order valence-electron chi connectivity index (χ0n) is 23.3. The molecule has 4 aromatic rings. The molecule has 0 N–H and O–H groups in total. The normalized spacial score (nSPS) is 14.7. The average molecular weight is 774 g/mol. The van der Waals surface area contributed by atoms with Gasteiger partial charge in [-0.25, -0.2) is 9.79 Å². The number of ether oxygens (including phenoxy) is 2. The Bertz CT molecular complexity index is 1950. The van der Waals surface area contributed by atoms with E-state index in [1.807, 2.05) is 43.3 Å². The van der Waals surface area contributed by atoms with Crippen LogP contribution in [0.3, 0.4) is 0 Å². The van der Waals surface area contributed by atoms with Crippen LogP contribution in [0.5, 0.6) is 5.75 Å². The molecular weight excluding hydrogens is 749 g/mol. The number of hydrogen-bond acceptors (Lipinski definition) is 8. The second-order valence-corrected chi connectivity index (χ2v) is 12.8. The van der Waals surface area contributed by atoms with Crippen LogP contribution < -0.4 is 19.6 Å². The number of rotatable bonds is 8. The number of esters is 1. The molecule has 3 aromatic carbocycles. The first-order valence-electron chi connectivity index (χ1n) is 13.2. The molecule has 0 fully saturated rings. The number of benzene rings is 3. The van der Waals surface area contributed by atoms with Crippen molar-refractivity contribution in [2.24, 2.45) is 4.99 Å². The van der Waals surface area contributed by atoms with Crippen molar-refractivity contribution in [2.75, 3.05) is 6.61 Å². The molecule has 0 aliphatic carbocycles. The van der Waals surface area contributed by atoms with E-state index in [0.717, 1.165) is 24.7 Å². The van der Waals surface area contributed by atoms with Gasteiger partial charge in [-0.15, -0.1) is 0 Å². The molecular formula is C31H25BrIN3O6S. The standard InChI is InChI=1S/C31H25BrIN3O6S/c1-4-41-30(38)26-18(3)34-31-35(27(26)20-9-5-17(2)6-10-20)29(37)25(43-31)14-21-13-22(32)15-24(33)28(21)42-16-19-7-11-23(12-8-19)36(39)40/h5-15,27H,4,16H2,1-3H3/b25-14-/t27-/m1/s1. The van der Waals surface area contributed by atoms with E-state index in [1.54, 1.807) is 36.6 Å². The fraction of sp³-hybridized carbons (Fsp3) is 0.194. The maximum Gasteiger partial charge on any atom is 0.338 e. The lowest BCUT2D eigenvalue weighted by Crippen LogP contribution is -2.39. The van der Waals surface area contributed by atoms with Crippen LogP contribution in [0.25, 0.3) is 6.08 Å². The first-order chi connectivity index (χ1) is 20.6. The Morgan fingerprint density at radius 2 is 1.86 bits per heavy atom. The molecule has 220 valence electrons. The molecule has 0 unspecified atom stereocenters. The largest absolute Gasteiger partial charge is 0.487 e. The summed E-state index contributed by atoms with van der Waals surface area (Å²) in [7, 11) is 0. The van der Waals surface area contributed by atoms with Crippen LogP contribution in [0, 0.1) is 20.6 Å². The van der Waals surface area contributed by atoms with Crippen molar-refractivity contribution >= 4 is 67.6 Å². The van der Waals surface area contributed by atoms with Crippen LogP contribution in [0.1, 0.15) is 42.1 Å². The number of nitrogens with zero attached hydrogens (tertiary/aromatic N) is 3. The number of aromatic nitrogens is 1. The van der Waals surface area contributed by atoms with Crippen molar-refractivity contribution < 1.29 is 19.2 Å². The summed E-state index contributed by atoms with van der Waals surface area (Å²) in [4.78, 5) is 42.9. The molecule has 1 aliphatic rings. The number of carbonyl (C=O) groups excluding carboxylic acids is 1. The van der Waals surface area contributed by atoms with Crippen LogP contribution in [0.2, 0.25) is 0 Å². The van der Waals surface area contributed by atoms with Gasteiger partial charge in [0.1, 0.15) is 12.4 Å². The van der Waals surface area contributed by atoms with Crippen LogP contribution >= 0.6 is 49.9 Å². The van der Waals surface area contributed by atoms with Gasteiger partial charge in [0.25, 0.3) is 11.2 Å². The molecule has 0 saturated heterocycles. The van der Waals surface area contributed by atoms with Crippen molar-refractivity contribution in [3.8, 4) is 5.75 Å². The van der Waals surface area contributed by atoms with Crippen LogP contribution in [-0.2, 0) is 16.1 Å². The first-order valence-corrected chi connectivity index (χ1v) is 15.9. The van der Waals surface area contributed by atoms with Crippen LogP contribution in [0.15, 0.2) is 86.2 Å². The fourth-order valence-corrected chi connectivity index (χ4v) is 7.45. The highest BCUT2D eigenvalue weighted by atomic mass is 127. The van der Waals surface area contributed by atoms with Gasteiger partial charge in [-0.2, -0.15) is 0 Å². The SMILES string of the molecule is CCOC(=O)C1=C(C)N=c2s/c(=C\c3cc(Br)cc(I)c3OCc3ccc([N+](=O)[O-])cc3)c(=O)n2[C@@H]1c1ccc(C)cc1. The van der Waals surface area contributed by atoms with Gasteiger partial charge in [0.2, 0.25) is 0 Å². The van der Waals surface area contributed by atoms with E-state index in [2.05, 4.69) is 43.5 Å². The number of nitro benzene ring substituents is 1. The third-order valence-electron chi connectivity index (χ3n) is 6.76. The van der Waals surface area contributed by atoms with Gasteiger partial charge in [-0.3, -0.25) is 19.5 Å². The Morgan fingerprint density at radius 3 is 2.51 bits per heavy atom. The maximum atomic E-state index is 14.0. The second kappa shape index (κ2) is 12.9. The monoisotopic (exact) mass is 773 g/mol. The van der Waals surface area contributed by atoms with Gasteiger partial charge in [0, 0.05) is 22.2 Å². The molecule has 0 bridgehead atoms. The molecule has 0 radical (unpaired) electrons. The number of nitro groups is 1. The Hall–Kier alpha value is -3.62. The van der Waals surface area contributed by atoms with Gasteiger partial charge >= 0.3 is 5.97 Å². The third-order valence-corrected chi connectivity index (χ3v) is 9.01. The van der Waals surface area contributed by atoms with Gasteiger partial charge in [0.05, 0.1) is 36.9 Å². The lowest BCUT2D eigenvalue weighted by molar-refractivity contribution is -0.384. The average Bonchev–Trinajstić information content (AvgIpc) is 3.26. The van der Waals surface area contributed by atoms with Gasteiger partial charge in [-0.1, -0.05) is 57.1 Å². The highest BCUT2D eigenvalue weighted by Crippen LogP contribution is 2.33. The summed E-state index contributed by atoms with van der Waals surface area (Å²) in [5.74, 6) is 0.0542. The van der Waals surface area contributed by atoms with E-state index in [1.165, 1.54) is 23.5 Å². The number of hydrogen-bond donors (Lipinski definition) is 0. The Balaban J connectivity index is 1.60. The highest BCUT2D eigenvalue weighted by molar-refractivity contribution is 14.1. The summed E-state index contributed by atoms with van der Waals surface area (Å²) in [6, 6.07) is 16.9. The van der Waals surface area contributed by atoms with Crippen LogP contribution in [0.4, 0.5) is 5.69 Å². The zero-order valence-corrected chi connectivity index (χ0v) is 27.9. The maximum absolute atomic E-state index is 14.0. The van der Waals surface area contributed by atoms with Gasteiger partial charge < -0.3 is 9.47 Å². The first kappa shape index (κ1) is 30.8. The summed E-state index contributed by atoms with van der Waals surface area (Å²) in [6.07, 6.45) is 1.76. The van der Waals surface area contributed by atoms with E-state index in [4.69, 9.17) is 9.47 Å². The van der Waals surface area contributed by atoms with Crippen molar-refractivity contribution in [2.45, 2.75) is 33.4 Å².